The molecule has 4 unspecified atom stereocenters. The van der Waals surface area contributed by atoms with Gasteiger partial charge in [-0.05, 0) is 25.7 Å². The molecular formula is C10H15N3O. The van der Waals surface area contributed by atoms with Crippen molar-refractivity contribution in [2.24, 2.45) is 17.6 Å². The van der Waals surface area contributed by atoms with Crippen LogP contribution < -0.4 is 11.1 Å². The molecule has 0 aromatic carbocycles. The summed E-state index contributed by atoms with van der Waals surface area (Å²) < 4.78 is 5.18. The first-order valence-electron chi connectivity index (χ1n) is 5.12. The lowest BCUT2D eigenvalue weighted by Gasteiger charge is -2.14. The van der Waals surface area contributed by atoms with Gasteiger partial charge in [-0.25, -0.2) is 0 Å². The summed E-state index contributed by atoms with van der Waals surface area (Å²) in [6.07, 6.45) is 0. The molecule has 0 radical (unpaired) electrons. The van der Waals surface area contributed by atoms with E-state index in [1.54, 1.807) is 0 Å². The second kappa shape index (κ2) is 2.58. The summed E-state index contributed by atoms with van der Waals surface area (Å²) in [5, 5.41) is 7.47. The van der Waals surface area contributed by atoms with E-state index in [0.29, 0.717) is 23.9 Å². The Balaban J connectivity index is 1.96. The highest BCUT2D eigenvalue weighted by molar-refractivity contribution is 5.31. The van der Waals surface area contributed by atoms with E-state index in [2.05, 4.69) is 10.5 Å². The summed E-state index contributed by atoms with van der Waals surface area (Å²) >= 11 is 0. The van der Waals surface area contributed by atoms with Crippen molar-refractivity contribution in [2.45, 2.75) is 25.9 Å². The zero-order valence-corrected chi connectivity index (χ0v) is 8.45. The minimum Gasteiger partial charge on any atom is -0.361 e. The summed E-state index contributed by atoms with van der Waals surface area (Å²) in [5.41, 5.74) is 8.20. The van der Waals surface area contributed by atoms with Crippen molar-refractivity contribution in [3.63, 3.8) is 0 Å². The van der Waals surface area contributed by atoms with Crippen LogP contribution in [-0.2, 0) is 0 Å². The largest absolute Gasteiger partial charge is 0.361 e. The van der Waals surface area contributed by atoms with Crippen LogP contribution in [0.2, 0.25) is 0 Å². The Morgan fingerprint density at radius 1 is 1.50 bits per heavy atom. The number of aryl methyl sites for hydroxylation is 2. The number of nitrogens with two attached hydrogens (primary N) is 1. The molecule has 76 valence electrons. The fourth-order valence-corrected chi connectivity index (χ4v) is 2.80. The van der Waals surface area contributed by atoms with Crippen LogP contribution in [0.25, 0.3) is 0 Å². The highest BCUT2D eigenvalue weighted by atomic mass is 16.5. The summed E-state index contributed by atoms with van der Waals surface area (Å²) in [4.78, 5) is 0. The molecule has 1 aromatic heterocycles. The topological polar surface area (TPSA) is 64.1 Å². The molecule has 4 heteroatoms. The van der Waals surface area contributed by atoms with E-state index in [9.17, 15) is 0 Å². The Bertz CT molecular complexity index is 354. The molecule has 3 N–H and O–H groups in total. The number of hydrogen-bond acceptors (Lipinski definition) is 4. The molecule has 2 aliphatic rings. The molecule has 0 bridgehead atoms. The van der Waals surface area contributed by atoms with Gasteiger partial charge in [0.2, 0.25) is 0 Å². The molecule has 14 heavy (non-hydrogen) atoms. The van der Waals surface area contributed by atoms with Crippen LogP contribution in [0.4, 0.5) is 0 Å². The first-order valence-corrected chi connectivity index (χ1v) is 5.12. The number of rotatable bonds is 1. The number of aromatic nitrogens is 1. The highest BCUT2D eigenvalue weighted by Gasteiger charge is 2.57. The zero-order valence-electron chi connectivity index (χ0n) is 8.45. The molecule has 1 saturated heterocycles. The van der Waals surface area contributed by atoms with E-state index in [1.165, 1.54) is 5.56 Å². The molecule has 1 aliphatic heterocycles. The van der Waals surface area contributed by atoms with Gasteiger partial charge < -0.3 is 15.6 Å². The van der Waals surface area contributed by atoms with E-state index in [1.807, 2.05) is 13.8 Å². The van der Waals surface area contributed by atoms with Crippen LogP contribution in [0.3, 0.4) is 0 Å². The third-order valence-electron chi connectivity index (χ3n) is 3.65. The van der Waals surface area contributed by atoms with Gasteiger partial charge in [-0.3, -0.25) is 0 Å². The molecule has 1 aromatic rings. The van der Waals surface area contributed by atoms with E-state index in [-0.39, 0.29) is 0 Å². The van der Waals surface area contributed by atoms with Crippen molar-refractivity contribution in [3.05, 3.63) is 17.0 Å². The van der Waals surface area contributed by atoms with Gasteiger partial charge in [0.1, 0.15) is 5.76 Å². The third-order valence-corrected chi connectivity index (χ3v) is 3.65. The highest BCUT2D eigenvalue weighted by Crippen LogP contribution is 2.51. The third kappa shape index (κ3) is 0.925. The monoisotopic (exact) mass is 193 g/mol. The van der Waals surface area contributed by atoms with E-state index in [4.69, 9.17) is 10.3 Å². The normalized spacial score (nSPS) is 39.9. The van der Waals surface area contributed by atoms with Crippen molar-refractivity contribution >= 4 is 0 Å². The summed E-state index contributed by atoms with van der Waals surface area (Å²) in [6.45, 7) is 5.01. The lowest BCUT2D eigenvalue weighted by Crippen LogP contribution is -2.26. The van der Waals surface area contributed by atoms with Crippen LogP contribution in [0.5, 0.6) is 0 Å². The van der Waals surface area contributed by atoms with Gasteiger partial charge in [0.05, 0.1) is 5.69 Å². The second-order valence-corrected chi connectivity index (χ2v) is 4.44. The van der Waals surface area contributed by atoms with Crippen molar-refractivity contribution in [1.29, 1.82) is 0 Å². The van der Waals surface area contributed by atoms with Crippen LogP contribution in [-0.4, -0.2) is 17.7 Å². The molecule has 4 nitrogen and oxygen atoms in total. The molecule has 2 fully saturated rings. The predicted molar refractivity (Wildman–Crippen MR) is 51.7 cm³/mol. The van der Waals surface area contributed by atoms with Crippen LogP contribution in [0.15, 0.2) is 4.52 Å². The molecule has 3 rings (SSSR count). The summed E-state index contributed by atoms with van der Waals surface area (Å²) in [6, 6.07) is 0.760. The Morgan fingerprint density at radius 2 is 2.29 bits per heavy atom. The number of fused-ring (bicyclic) bond motifs is 1. The van der Waals surface area contributed by atoms with Gasteiger partial charge in [0, 0.05) is 24.2 Å². The van der Waals surface area contributed by atoms with Gasteiger partial charge >= 0.3 is 0 Å². The predicted octanol–water partition coefficient (Wildman–Crippen LogP) is 0.509. The van der Waals surface area contributed by atoms with Crippen molar-refractivity contribution in [2.75, 3.05) is 6.54 Å². The minimum absolute atomic E-state index is 0.376. The van der Waals surface area contributed by atoms with Gasteiger partial charge in [-0.15, -0.1) is 0 Å². The number of nitrogens with zero attached hydrogens (tertiary/aromatic N) is 1. The van der Waals surface area contributed by atoms with Crippen molar-refractivity contribution in [1.82, 2.24) is 10.5 Å². The van der Waals surface area contributed by atoms with Gasteiger partial charge in [-0.1, -0.05) is 5.16 Å². The molecule has 0 spiro atoms. The van der Waals surface area contributed by atoms with Crippen molar-refractivity contribution in [3.8, 4) is 0 Å². The van der Waals surface area contributed by atoms with Gasteiger partial charge in [0.25, 0.3) is 0 Å². The fourth-order valence-electron chi connectivity index (χ4n) is 2.80. The smallest absolute Gasteiger partial charge is 0.138 e. The van der Waals surface area contributed by atoms with Crippen LogP contribution in [0.1, 0.15) is 23.1 Å². The summed E-state index contributed by atoms with van der Waals surface area (Å²) in [5.74, 6) is 2.21. The molecule has 2 heterocycles. The zero-order chi connectivity index (χ0) is 9.87. The fraction of sp³-hybridized carbons (Fsp3) is 0.700. The maximum absolute atomic E-state index is 5.98. The first kappa shape index (κ1) is 8.44. The average molecular weight is 193 g/mol. The number of nitrogens with one attached hydrogen (secondary N) is 1. The van der Waals surface area contributed by atoms with Crippen LogP contribution in [0, 0.1) is 25.7 Å². The Labute approximate surface area is 82.8 Å². The van der Waals surface area contributed by atoms with Gasteiger partial charge in [0.15, 0.2) is 0 Å². The second-order valence-electron chi connectivity index (χ2n) is 4.44. The Kier molecular flexibility index (Phi) is 1.56. The Morgan fingerprint density at radius 3 is 2.79 bits per heavy atom. The maximum Gasteiger partial charge on any atom is 0.138 e. The van der Waals surface area contributed by atoms with E-state index < -0.39 is 0 Å². The average Bonchev–Trinajstić information content (AvgIpc) is 2.53. The lowest BCUT2D eigenvalue weighted by atomic mass is 10.0. The summed E-state index contributed by atoms with van der Waals surface area (Å²) in [7, 11) is 0. The standard InChI is InChI=1S/C10H15N3O/c1-4-7(5(2)14-13-4)10-8-6(3-12-10)9(8)11/h6,8-10,12H,3,11H2,1-2H3. The van der Waals surface area contributed by atoms with E-state index in [0.717, 1.165) is 18.0 Å². The molecular weight excluding hydrogens is 178 g/mol. The van der Waals surface area contributed by atoms with Gasteiger partial charge in [-0.2, -0.15) is 0 Å². The molecule has 1 aliphatic carbocycles. The van der Waals surface area contributed by atoms with E-state index >= 15 is 0 Å². The Hall–Kier alpha value is -0.870. The minimum atomic E-state index is 0.376. The molecule has 4 atom stereocenters. The number of piperidine rings is 1. The number of hydrogen-bond donors (Lipinski definition) is 2. The SMILES string of the molecule is Cc1noc(C)c1C1NCC2C(N)C12. The lowest BCUT2D eigenvalue weighted by molar-refractivity contribution is 0.389. The molecule has 1 saturated carbocycles. The molecule has 0 amide bonds. The van der Waals surface area contributed by atoms with Crippen LogP contribution >= 0.6 is 0 Å². The first-order chi connectivity index (χ1) is 6.70. The quantitative estimate of drug-likeness (QED) is 0.682. The maximum atomic E-state index is 5.98. The van der Waals surface area contributed by atoms with Crippen molar-refractivity contribution < 1.29 is 4.52 Å².